The molecule has 0 saturated carbocycles. The highest BCUT2D eigenvalue weighted by atomic mass is 28.3. The Bertz CT molecular complexity index is 660. The van der Waals surface area contributed by atoms with E-state index >= 15 is 0 Å². The SMILES string of the molecule is C=C[Si](C)(C)c1cccc(C)c1.CN(C)C(=O)F.FOC(CC(F)(F)F)C(F)(F)F. The molecule has 174 valence electrons. The lowest BCUT2D eigenvalue weighted by Gasteiger charge is -2.17. The molecule has 0 radical (unpaired) electrons. The van der Waals surface area contributed by atoms with Crippen LogP contribution in [-0.2, 0) is 4.94 Å². The molecule has 12 heteroatoms. The molecule has 0 heterocycles. The van der Waals surface area contributed by atoms with E-state index in [1.165, 1.54) is 24.8 Å². The van der Waals surface area contributed by atoms with E-state index in [-0.39, 0.29) is 0 Å². The normalized spacial score (nSPS) is 12.6. The molecule has 0 bridgehead atoms. The van der Waals surface area contributed by atoms with Crippen molar-refractivity contribution in [2.45, 2.75) is 44.9 Å². The van der Waals surface area contributed by atoms with Crippen LogP contribution in [0.25, 0.3) is 0 Å². The standard InChI is InChI=1S/C11H16Si.C4H3F7O.C3H6FNO/c1-5-12(3,4)11-8-6-7-10(2)9-11;5-3(6,7)1-2(12-11)4(8,9)10;1-5(2)3(4)6/h5-9H,1H2,2-4H3;2H,1H2;1-2H3. The molecule has 3 nitrogen and oxygen atoms in total. The Kier molecular flexibility index (Phi) is 12.8. The molecule has 0 aromatic heterocycles. The summed E-state index contributed by atoms with van der Waals surface area (Å²) in [4.78, 5) is 12.4. The number of alkyl halides is 6. The van der Waals surface area contributed by atoms with E-state index in [2.05, 4.69) is 61.5 Å². The molecule has 1 aromatic rings. The van der Waals surface area contributed by atoms with E-state index in [1.807, 2.05) is 0 Å². The summed E-state index contributed by atoms with van der Waals surface area (Å²) in [6.07, 6.45) is -17.7. The Labute approximate surface area is 171 Å². The number of carbonyl (C=O) groups is 1. The van der Waals surface area contributed by atoms with Crippen molar-refractivity contribution in [3.8, 4) is 0 Å². The molecule has 1 amide bonds. The Morgan fingerprint density at radius 1 is 1.20 bits per heavy atom. The zero-order chi connectivity index (χ0) is 24.3. The maximum atomic E-state index is 11.4. The third-order valence-corrected chi connectivity index (χ3v) is 6.33. The quantitative estimate of drug-likeness (QED) is 0.234. The summed E-state index contributed by atoms with van der Waals surface area (Å²) in [5.41, 5.74) is 3.47. The maximum absolute atomic E-state index is 11.4. The molecule has 0 fully saturated rings. The van der Waals surface area contributed by atoms with Gasteiger partial charge in [-0.2, -0.15) is 31.3 Å². The summed E-state index contributed by atoms with van der Waals surface area (Å²) in [7, 11) is 1.38. The van der Waals surface area contributed by atoms with E-state index in [4.69, 9.17) is 0 Å². The van der Waals surface area contributed by atoms with Gasteiger partial charge in [-0.25, -0.2) is 4.79 Å². The fourth-order valence-electron chi connectivity index (χ4n) is 1.57. The second-order valence-corrected chi connectivity index (χ2v) is 11.3. The average molecular weight is 467 g/mol. The van der Waals surface area contributed by atoms with Gasteiger partial charge in [0.15, 0.2) is 0 Å². The van der Waals surface area contributed by atoms with Crippen LogP contribution in [0.5, 0.6) is 0 Å². The number of rotatable bonds is 4. The minimum absolute atomic E-state index is 0.861. The van der Waals surface area contributed by atoms with Crippen LogP contribution in [0, 0.1) is 6.92 Å². The van der Waals surface area contributed by atoms with E-state index in [0.29, 0.717) is 0 Å². The summed E-state index contributed by atoms with van der Waals surface area (Å²) in [6.45, 7) is 10.7. The molecule has 0 spiro atoms. The largest absolute Gasteiger partial charge is 0.418 e. The van der Waals surface area contributed by atoms with Gasteiger partial charge in [0.25, 0.3) is 0 Å². The summed E-state index contributed by atoms with van der Waals surface area (Å²) in [5.74, 6) is 0. The first-order valence-corrected chi connectivity index (χ1v) is 11.4. The molecule has 1 unspecified atom stereocenters. The number of nitrogens with zero attached hydrogens (tertiary/aromatic N) is 1. The van der Waals surface area contributed by atoms with Crippen molar-refractivity contribution in [3.63, 3.8) is 0 Å². The zero-order valence-electron chi connectivity index (χ0n) is 17.2. The van der Waals surface area contributed by atoms with Gasteiger partial charge in [0, 0.05) is 14.1 Å². The second-order valence-electron chi connectivity index (χ2n) is 6.88. The lowest BCUT2D eigenvalue weighted by molar-refractivity contribution is -0.317. The third-order valence-electron chi connectivity index (χ3n) is 3.51. The number of halogens is 8. The van der Waals surface area contributed by atoms with Gasteiger partial charge in [-0.15, -0.1) is 11.0 Å². The van der Waals surface area contributed by atoms with Crippen molar-refractivity contribution < 1.29 is 45.0 Å². The second kappa shape index (κ2) is 12.7. The number of amides is 1. The van der Waals surface area contributed by atoms with Crippen LogP contribution in [0.3, 0.4) is 0 Å². The highest BCUT2D eigenvalue weighted by Crippen LogP contribution is 2.32. The van der Waals surface area contributed by atoms with Crippen molar-refractivity contribution in [2.24, 2.45) is 0 Å². The maximum Gasteiger partial charge on any atom is 0.418 e. The topological polar surface area (TPSA) is 29.5 Å². The predicted octanol–water partition coefficient (Wildman–Crippen LogP) is 6.04. The predicted molar refractivity (Wildman–Crippen MR) is 101 cm³/mol. The highest BCUT2D eigenvalue weighted by Gasteiger charge is 2.48. The lowest BCUT2D eigenvalue weighted by Crippen LogP contribution is -2.39. The van der Waals surface area contributed by atoms with Gasteiger partial charge in [0.05, 0.1) is 6.42 Å². The van der Waals surface area contributed by atoms with Crippen LogP contribution in [0.2, 0.25) is 13.1 Å². The Morgan fingerprint density at radius 2 is 1.67 bits per heavy atom. The highest BCUT2D eigenvalue weighted by molar-refractivity contribution is 6.93. The van der Waals surface area contributed by atoms with E-state index in [1.54, 1.807) is 0 Å². The fourth-order valence-corrected chi connectivity index (χ4v) is 2.93. The van der Waals surface area contributed by atoms with Gasteiger partial charge in [0.1, 0.15) is 8.07 Å². The summed E-state index contributed by atoms with van der Waals surface area (Å²) in [5, 5.41) is 1.47. The summed E-state index contributed by atoms with van der Waals surface area (Å²) >= 11 is 0. The van der Waals surface area contributed by atoms with Gasteiger partial charge in [0.2, 0.25) is 6.10 Å². The third kappa shape index (κ3) is 14.1. The molecule has 1 aromatic carbocycles. The van der Waals surface area contributed by atoms with Crippen LogP contribution in [-0.4, -0.2) is 51.7 Å². The molecule has 0 aliphatic carbocycles. The van der Waals surface area contributed by atoms with Gasteiger partial charge in [-0.05, 0) is 11.4 Å². The minimum Gasteiger partial charge on any atom is -0.321 e. The molecule has 1 atom stereocenters. The van der Waals surface area contributed by atoms with Crippen molar-refractivity contribution in [2.75, 3.05) is 14.1 Å². The zero-order valence-corrected chi connectivity index (χ0v) is 18.2. The first-order valence-electron chi connectivity index (χ1n) is 8.35. The van der Waals surface area contributed by atoms with Crippen LogP contribution < -0.4 is 5.19 Å². The number of hydrogen-bond donors (Lipinski definition) is 0. The number of carbonyl (C=O) groups excluding carboxylic acids is 1. The number of hydrogen-bond acceptors (Lipinski definition) is 2. The van der Waals surface area contributed by atoms with Crippen LogP contribution >= 0.6 is 0 Å². The van der Waals surface area contributed by atoms with Crippen LogP contribution in [0.4, 0.5) is 40.1 Å². The molecular weight excluding hydrogens is 442 g/mol. The first kappa shape index (κ1) is 30.2. The minimum atomic E-state index is -5.34. The lowest BCUT2D eigenvalue weighted by atomic mass is 10.2. The molecule has 0 N–H and O–H groups in total. The van der Waals surface area contributed by atoms with Crippen molar-refractivity contribution >= 4 is 19.4 Å². The van der Waals surface area contributed by atoms with Crippen molar-refractivity contribution in [1.82, 2.24) is 4.90 Å². The van der Waals surface area contributed by atoms with Gasteiger partial charge < -0.3 is 4.90 Å². The molecular formula is C18H25F8NO2Si. The molecule has 1 rings (SSSR count). The smallest absolute Gasteiger partial charge is 0.321 e. The number of aryl methyl sites for hydroxylation is 1. The van der Waals surface area contributed by atoms with Gasteiger partial charge >= 0.3 is 18.5 Å². The van der Waals surface area contributed by atoms with E-state index < -0.39 is 39.1 Å². The molecule has 0 saturated heterocycles. The van der Waals surface area contributed by atoms with Gasteiger partial charge in [-0.1, -0.05) is 53.8 Å². The van der Waals surface area contributed by atoms with Crippen molar-refractivity contribution in [1.29, 1.82) is 0 Å². The Hall–Kier alpha value is -1.95. The van der Waals surface area contributed by atoms with Gasteiger partial charge in [-0.3, -0.25) is 0 Å². The summed E-state index contributed by atoms with van der Waals surface area (Å²) in [6, 6.07) is 8.74. The molecule has 30 heavy (non-hydrogen) atoms. The molecule has 0 aliphatic rings. The van der Waals surface area contributed by atoms with E-state index in [0.717, 1.165) is 4.90 Å². The van der Waals surface area contributed by atoms with Crippen LogP contribution in [0.15, 0.2) is 36.5 Å². The fraction of sp³-hybridized carbons (Fsp3) is 0.500. The van der Waals surface area contributed by atoms with Crippen molar-refractivity contribution in [3.05, 3.63) is 42.1 Å². The molecule has 0 aliphatic heterocycles. The number of benzene rings is 1. The summed E-state index contributed by atoms with van der Waals surface area (Å²) < 4.78 is 90.1. The Morgan fingerprint density at radius 3 is 1.90 bits per heavy atom. The monoisotopic (exact) mass is 467 g/mol. The van der Waals surface area contributed by atoms with Crippen LogP contribution in [0.1, 0.15) is 12.0 Å². The average Bonchev–Trinajstić information content (AvgIpc) is 2.59. The first-order chi connectivity index (χ1) is 13.4. The Balaban J connectivity index is 0. The van der Waals surface area contributed by atoms with E-state index in [9.17, 15) is 40.1 Å².